The van der Waals surface area contributed by atoms with Gasteiger partial charge in [0.15, 0.2) is 0 Å². The number of halogens is 2. The Morgan fingerprint density at radius 1 is 0.970 bits per heavy atom. The van der Waals surface area contributed by atoms with Crippen molar-refractivity contribution in [2.24, 2.45) is 0 Å². The molecule has 0 bridgehead atoms. The van der Waals surface area contributed by atoms with Gasteiger partial charge >= 0.3 is 0 Å². The predicted octanol–water partition coefficient (Wildman–Crippen LogP) is 2.85. The van der Waals surface area contributed by atoms with Gasteiger partial charge in [-0.25, -0.2) is 0 Å². The summed E-state index contributed by atoms with van der Waals surface area (Å²) in [5, 5.41) is 3.15. The van der Waals surface area contributed by atoms with Gasteiger partial charge < -0.3 is 15.1 Å². The summed E-state index contributed by atoms with van der Waals surface area (Å²) in [7, 11) is 0. The lowest BCUT2D eigenvalue weighted by Gasteiger charge is -2.36. The highest BCUT2D eigenvalue weighted by molar-refractivity contribution is 6.43. The Morgan fingerprint density at radius 3 is 2.45 bits per heavy atom. The third-order valence-electron chi connectivity index (χ3n) is 6.15. The lowest BCUT2D eigenvalue weighted by atomic mass is 10.2. The Morgan fingerprint density at radius 2 is 1.70 bits per heavy atom. The second-order valence-electron chi connectivity index (χ2n) is 8.32. The van der Waals surface area contributed by atoms with E-state index in [2.05, 4.69) is 16.3 Å². The molecule has 2 heterocycles. The van der Waals surface area contributed by atoms with Gasteiger partial charge in [0.25, 0.3) is 5.91 Å². The molecule has 1 fully saturated rings. The lowest BCUT2D eigenvalue weighted by molar-refractivity contribution is -0.134. The van der Waals surface area contributed by atoms with Gasteiger partial charge in [0, 0.05) is 38.4 Å². The number of carbonyl (C=O) groups excluding carboxylic acids is 3. The summed E-state index contributed by atoms with van der Waals surface area (Å²) in [6, 6.07) is 12.1. The molecule has 0 spiro atoms. The Balaban J connectivity index is 1.27. The molecule has 1 N–H and O–H groups in total. The average Bonchev–Trinajstić information content (AvgIpc) is 3.25. The van der Waals surface area contributed by atoms with Crippen molar-refractivity contribution in [2.75, 3.05) is 44.2 Å². The Hall–Kier alpha value is -2.61. The van der Waals surface area contributed by atoms with Crippen LogP contribution in [0, 0.1) is 0 Å². The van der Waals surface area contributed by atoms with Crippen molar-refractivity contribution in [3.8, 4) is 0 Å². The van der Waals surface area contributed by atoms with Crippen LogP contribution in [0.25, 0.3) is 0 Å². The summed E-state index contributed by atoms with van der Waals surface area (Å²) < 4.78 is 0. The maximum absolute atomic E-state index is 12.9. The van der Waals surface area contributed by atoms with E-state index in [4.69, 9.17) is 23.2 Å². The van der Waals surface area contributed by atoms with Crippen LogP contribution >= 0.6 is 23.2 Å². The number of hydrogen-bond acceptors (Lipinski definition) is 4. The maximum Gasteiger partial charge on any atom is 0.253 e. The van der Waals surface area contributed by atoms with Crippen molar-refractivity contribution in [3.05, 3.63) is 63.6 Å². The maximum atomic E-state index is 12.9. The van der Waals surface area contributed by atoms with Gasteiger partial charge in [-0.1, -0.05) is 47.5 Å². The number of rotatable bonds is 5. The topological polar surface area (TPSA) is 73.0 Å². The van der Waals surface area contributed by atoms with Crippen LogP contribution in [-0.4, -0.2) is 72.8 Å². The number of fused-ring (bicyclic) bond motifs is 1. The summed E-state index contributed by atoms with van der Waals surface area (Å²) in [4.78, 5) is 43.9. The first-order valence-corrected chi connectivity index (χ1v) is 11.7. The molecular weight excluding hydrogens is 463 g/mol. The molecule has 0 aromatic heterocycles. The fourth-order valence-corrected chi connectivity index (χ4v) is 4.68. The van der Waals surface area contributed by atoms with Crippen LogP contribution in [0.2, 0.25) is 10.0 Å². The Bertz CT molecular complexity index is 1070. The van der Waals surface area contributed by atoms with Crippen LogP contribution in [0.4, 0.5) is 5.69 Å². The molecule has 2 aliphatic rings. The Kier molecular flexibility index (Phi) is 7.22. The second-order valence-corrected chi connectivity index (χ2v) is 9.11. The fourth-order valence-electron chi connectivity index (χ4n) is 4.29. The number of anilines is 1. The molecule has 0 saturated carbocycles. The minimum atomic E-state index is -0.707. The average molecular weight is 489 g/mol. The Labute approximate surface area is 203 Å². The number of para-hydroxylation sites is 1. The quantitative estimate of drug-likeness (QED) is 0.702. The van der Waals surface area contributed by atoms with Crippen molar-refractivity contribution in [2.45, 2.75) is 19.4 Å². The van der Waals surface area contributed by atoms with E-state index in [1.807, 2.05) is 23.1 Å². The number of hydrogen-bond donors (Lipinski definition) is 1. The first-order chi connectivity index (χ1) is 15.8. The lowest BCUT2D eigenvalue weighted by Crippen LogP contribution is -2.55. The zero-order valence-corrected chi connectivity index (χ0v) is 19.9. The van der Waals surface area contributed by atoms with Crippen LogP contribution in [0.3, 0.4) is 0 Å². The third-order valence-corrected chi connectivity index (χ3v) is 6.96. The SMILES string of the molecule is CC(NC(=O)c1cccc(Cl)c1Cl)C(=O)N1CCN(CC(=O)N2CCc3ccccc32)CC1. The molecule has 2 aromatic carbocycles. The second kappa shape index (κ2) is 10.1. The summed E-state index contributed by atoms with van der Waals surface area (Å²) in [5.41, 5.74) is 2.44. The van der Waals surface area contributed by atoms with E-state index in [1.54, 1.807) is 30.0 Å². The molecule has 0 aliphatic carbocycles. The highest BCUT2D eigenvalue weighted by atomic mass is 35.5. The van der Waals surface area contributed by atoms with Crippen LogP contribution in [-0.2, 0) is 16.0 Å². The number of benzene rings is 2. The van der Waals surface area contributed by atoms with Crippen molar-refractivity contribution >= 4 is 46.6 Å². The minimum Gasteiger partial charge on any atom is -0.340 e. The molecular formula is C24H26Cl2N4O3. The van der Waals surface area contributed by atoms with Crippen LogP contribution < -0.4 is 10.2 Å². The summed E-state index contributed by atoms with van der Waals surface area (Å²) in [6.07, 6.45) is 0.883. The zero-order chi connectivity index (χ0) is 23.5. The number of amides is 3. The minimum absolute atomic E-state index is 0.0822. The van der Waals surface area contributed by atoms with Gasteiger partial charge in [0.1, 0.15) is 6.04 Å². The highest BCUT2D eigenvalue weighted by Gasteiger charge is 2.29. The van der Waals surface area contributed by atoms with Gasteiger partial charge in [-0.15, -0.1) is 0 Å². The van der Waals surface area contributed by atoms with Crippen LogP contribution in [0.1, 0.15) is 22.8 Å². The molecule has 1 atom stereocenters. The van der Waals surface area contributed by atoms with Crippen molar-refractivity contribution in [3.63, 3.8) is 0 Å². The highest BCUT2D eigenvalue weighted by Crippen LogP contribution is 2.28. The van der Waals surface area contributed by atoms with E-state index >= 15 is 0 Å². The van der Waals surface area contributed by atoms with E-state index in [9.17, 15) is 14.4 Å². The number of carbonyl (C=O) groups is 3. The fraction of sp³-hybridized carbons (Fsp3) is 0.375. The van der Waals surface area contributed by atoms with E-state index in [0.29, 0.717) is 39.3 Å². The molecule has 1 saturated heterocycles. The number of nitrogens with one attached hydrogen (secondary N) is 1. The standard InChI is InChI=1S/C24H26Cl2N4O3/c1-16(27-23(32)18-6-4-7-19(25)22(18)26)24(33)29-13-11-28(12-14-29)15-21(31)30-10-9-17-5-2-3-8-20(17)30/h2-8,16H,9-15H2,1H3,(H,27,32). The molecule has 9 heteroatoms. The van der Waals surface area contributed by atoms with Crippen molar-refractivity contribution in [1.29, 1.82) is 0 Å². The molecule has 2 aromatic rings. The van der Waals surface area contributed by atoms with Crippen LogP contribution in [0.15, 0.2) is 42.5 Å². The summed E-state index contributed by atoms with van der Waals surface area (Å²) >= 11 is 12.1. The number of piperazine rings is 1. The number of nitrogens with zero attached hydrogens (tertiary/aromatic N) is 3. The van der Waals surface area contributed by atoms with Gasteiger partial charge in [0.05, 0.1) is 22.2 Å². The van der Waals surface area contributed by atoms with E-state index in [-0.39, 0.29) is 27.4 Å². The van der Waals surface area contributed by atoms with Crippen molar-refractivity contribution < 1.29 is 14.4 Å². The molecule has 33 heavy (non-hydrogen) atoms. The first-order valence-electron chi connectivity index (χ1n) is 11.0. The van der Waals surface area contributed by atoms with Gasteiger partial charge in [0.2, 0.25) is 11.8 Å². The smallest absolute Gasteiger partial charge is 0.253 e. The van der Waals surface area contributed by atoms with Crippen LogP contribution in [0.5, 0.6) is 0 Å². The summed E-state index contributed by atoms with van der Waals surface area (Å²) in [6.45, 7) is 4.91. The largest absolute Gasteiger partial charge is 0.340 e. The molecule has 4 rings (SSSR count). The molecule has 2 aliphatic heterocycles. The molecule has 7 nitrogen and oxygen atoms in total. The van der Waals surface area contributed by atoms with Gasteiger partial charge in [-0.3, -0.25) is 19.3 Å². The van der Waals surface area contributed by atoms with E-state index in [1.165, 1.54) is 5.56 Å². The van der Waals surface area contributed by atoms with Gasteiger partial charge in [-0.05, 0) is 37.1 Å². The van der Waals surface area contributed by atoms with E-state index < -0.39 is 11.9 Å². The predicted molar refractivity (Wildman–Crippen MR) is 129 cm³/mol. The molecule has 174 valence electrons. The zero-order valence-electron chi connectivity index (χ0n) is 18.4. The molecule has 3 amide bonds. The molecule has 0 radical (unpaired) electrons. The normalized spacial score (nSPS) is 16.9. The van der Waals surface area contributed by atoms with Crippen molar-refractivity contribution in [1.82, 2.24) is 15.1 Å². The first kappa shape index (κ1) is 23.5. The monoisotopic (exact) mass is 488 g/mol. The van der Waals surface area contributed by atoms with Gasteiger partial charge in [-0.2, -0.15) is 0 Å². The van der Waals surface area contributed by atoms with E-state index in [0.717, 1.165) is 12.1 Å². The summed E-state index contributed by atoms with van der Waals surface area (Å²) in [5.74, 6) is -0.529. The third kappa shape index (κ3) is 5.16. The molecule has 1 unspecified atom stereocenters.